The van der Waals surface area contributed by atoms with Crippen LogP contribution in [0.5, 0.6) is 0 Å². The van der Waals surface area contributed by atoms with Crippen LogP contribution in [-0.2, 0) is 0 Å². The van der Waals surface area contributed by atoms with Gasteiger partial charge in [-0.15, -0.1) is 0 Å². The van der Waals surface area contributed by atoms with Gasteiger partial charge in [-0.05, 0) is 43.2 Å². The molecular formula is C13H18N2OS. The number of aryl methyl sites for hydroxylation is 1. The zero-order chi connectivity index (χ0) is 12.3. The zero-order valence-electron chi connectivity index (χ0n) is 10.0. The zero-order valence-corrected chi connectivity index (χ0v) is 10.8. The highest BCUT2D eigenvalue weighted by atomic mass is 32.2. The maximum absolute atomic E-state index is 12.0. The number of nitrogen functional groups attached to an aromatic ring is 1. The van der Waals surface area contributed by atoms with E-state index in [1.807, 2.05) is 30.8 Å². The Kier molecular flexibility index (Phi) is 3.94. The third kappa shape index (κ3) is 3.16. The van der Waals surface area contributed by atoms with E-state index >= 15 is 0 Å². The van der Waals surface area contributed by atoms with Crippen molar-refractivity contribution in [1.82, 2.24) is 5.32 Å². The molecule has 1 atom stereocenters. The molecular weight excluding hydrogens is 232 g/mol. The van der Waals surface area contributed by atoms with Crippen molar-refractivity contribution in [1.29, 1.82) is 0 Å². The van der Waals surface area contributed by atoms with Crippen LogP contribution >= 0.6 is 11.8 Å². The monoisotopic (exact) mass is 250 g/mol. The number of rotatable bonds is 2. The summed E-state index contributed by atoms with van der Waals surface area (Å²) in [6.45, 7) is 1.97. The third-order valence-corrected chi connectivity index (χ3v) is 4.16. The number of carbonyl (C=O) groups is 1. The van der Waals surface area contributed by atoms with Crippen LogP contribution in [-0.4, -0.2) is 23.5 Å². The first kappa shape index (κ1) is 12.3. The fourth-order valence-electron chi connectivity index (χ4n) is 2.01. The fourth-order valence-corrected chi connectivity index (χ4v) is 3.08. The fraction of sp³-hybridized carbons (Fsp3) is 0.462. The second kappa shape index (κ2) is 5.45. The average molecular weight is 250 g/mol. The number of amides is 1. The summed E-state index contributed by atoms with van der Waals surface area (Å²) in [5.41, 5.74) is 8.09. The molecule has 1 aromatic carbocycles. The van der Waals surface area contributed by atoms with E-state index in [1.165, 1.54) is 12.2 Å². The predicted octanol–water partition coefficient (Wildman–Crippen LogP) is 2.20. The standard InChI is InChI=1S/C13H18N2OS/c1-9-4-5-11(12(14)7-9)13(16)15-10-3-2-6-17-8-10/h4-5,7,10H,2-3,6,8,14H2,1H3,(H,15,16). The van der Waals surface area contributed by atoms with E-state index in [2.05, 4.69) is 5.32 Å². The lowest BCUT2D eigenvalue weighted by molar-refractivity contribution is 0.0939. The lowest BCUT2D eigenvalue weighted by Gasteiger charge is -2.22. The molecule has 1 heterocycles. The second-order valence-corrected chi connectivity index (χ2v) is 5.63. The maximum Gasteiger partial charge on any atom is 0.253 e. The normalized spacial score (nSPS) is 19.9. The molecule has 1 saturated heterocycles. The number of carbonyl (C=O) groups excluding carboxylic acids is 1. The first-order valence-electron chi connectivity index (χ1n) is 5.91. The molecule has 1 fully saturated rings. The summed E-state index contributed by atoms with van der Waals surface area (Å²) in [4.78, 5) is 12.0. The van der Waals surface area contributed by atoms with Crippen molar-refractivity contribution in [3.05, 3.63) is 29.3 Å². The Hall–Kier alpha value is -1.16. The van der Waals surface area contributed by atoms with Gasteiger partial charge in [-0.25, -0.2) is 0 Å². The maximum atomic E-state index is 12.0. The predicted molar refractivity (Wildman–Crippen MR) is 73.4 cm³/mol. The summed E-state index contributed by atoms with van der Waals surface area (Å²) in [6.07, 6.45) is 2.25. The Labute approximate surface area is 106 Å². The smallest absolute Gasteiger partial charge is 0.253 e. The van der Waals surface area contributed by atoms with Crippen LogP contribution in [0.15, 0.2) is 18.2 Å². The number of anilines is 1. The summed E-state index contributed by atoms with van der Waals surface area (Å²) < 4.78 is 0. The lowest BCUT2D eigenvalue weighted by atomic mass is 10.1. The largest absolute Gasteiger partial charge is 0.398 e. The summed E-state index contributed by atoms with van der Waals surface area (Å²) in [5.74, 6) is 2.17. The summed E-state index contributed by atoms with van der Waals surface area (Å²) in [5, 5.41) is 3.06. The topological polar surface area (TPSA) is 55.1 Å². The van der Waals surface area contributed by atoms with Gasteiger partial charge < -0.3 is 11.1 Å². The molecule has 1 aliphatic rings. The Bertz CT molecular complexity index is 414. The molecule has 0 spiro atoms. The van der Waals surface area contributed by atoms with Gasteiger partial charge in [0.2, 0.25) is 0 Å². The minimum atomic E-state index is -0.0463. The summed E-state index contributed by atoms with van der Waals surface area (Å²) >= 11 is 1.90. The van der Waals surface area contributed by atoms with E-state index < -0.39 is 0 Å². The van der Waals surface area contributed by atoms with Gasteiger partial charge in [-0.2, -0.15) is 11.8 Å². The molecule has 0 saturated carbocycles. The van der Waals surface area contributed by atoms with Gasteiger partial charge in [-0.1, -0.05) is 6.07 Å². The minimum absolute atomic E-state index is 0.0463. The molecule has 1 amide bonds. The molecule has 0 aromatic heterocycles. The molecule has 3 N–H and O–H groups in total. The van der Waals surface area contributed by atoms with Crippen LogP contribution in [0.2, 0.25) is 0 Å². The van der Waals surface area contributed by atoms with Crippen molar-refractivity contribution in [2.45, 2.75) is 25.8 Å². The van der Waals surface area contributed by atoms with Gasteiger partial charge in [0.1, 0.15) is 0 Å². The van der Waals surface area contributed by atoms with E-state index in [0.29, 0.717) is 17.3 Å². The quantitative estimate of drug-likeness (QED) is 0.791. The van der Waals surface area contributed by atoms with Crippen LogP contribution < -0.4 is 11.1 Å². The van der Waals surface area contributed by atoms with E-state index in [4.69, 9.17) is 5.73 Å². The molecule has 1 unspecified atom stereocenters. The Morgan fingerprint density at radius 1 is 1.53 bits per heavy atom. The molecule has 4 heteroatoms. The van der Waals surface area contributed by atoms with Crippen LogP contribution in [0, 0.1) is 6.92 Å². The average Bonchev–Trinajstić information content (AvgIpc) is 2.30. The highest BCUT2D eigenvalue weighted by molar-refractivity contribution is 7.99. The van der Waals surface area contributed by atoms with Gasteiger partial charge >= 0.3 is 0 Å². The van der Waals surface area contributed by atoms with E-state index in [1.54, 1.807) is 6.07 Å². The van der Waals surface area contributed by atoms with Gasteiger partial charge in [0, 0.05) is 17.5 Å². The molecule has 92 valence electrons. The number of nitrogens with one attached hydrogen (secondary N) is 1. The molecule has 3 nitrogen and oxygen atoms in total. The van der Waals surface area contributed by atoms with E-state index in [9.17, 15) is 4.79 Å². The van der Waals surface area contributed by atoms with Crippen molar-refractivity contribution < 1.29 is 4.79 Å². The van der Waals surface area contributed by atoms with Crippen LogP contribution in [0.4, 0.5) is 5.69 Å². The van der Waals surface area contributed by atoms with E-state index in [0.717, 1.165) is 17.7 Å². The van der Waals surface area contributed by atoms with E-state index in [-0.39, 0.29) is 5.91 Å². The molecule has 17 heavy (non-hydrogen) atoms. The molecule has 0 aliphatic carbocycles. The van der Waals surface area contributed by atoms with Gasteiger partial charge in [0.15, 0.2) is 0 Å². The Morgan fingerprint density at radius 2 is 2.35 bits per heavy atom. The molecule has 1 aliphatic heterocycles. The van der Waals surface area contributed by atoms with Crippen LogP contribution in [0.25, 0.3) is 0 Å². The third-order valence-electron chi connectivity index (χ3n) is 2.95. The first-order chi connectivity index (χ1) is 8.16. The number of thioether (sulfide) groups is 1. The van der Waals surface area contributed by atoms with Crippen molar-refractivity contribution in [3.8, 4) is 0 Å². The summed E-state index contributed by atoms with van der Waals surface area (Å²) in [6, 6.07) is 5.85. The number of hydrogen-bond acceptors (Lipinski definition) is 3. The highest BCUT2D eigenvalue weighted by Gasteiger charge is 2.18. The molecule has 1 aromatic rings. The number of benzene rings is 1. The Morgan fingerprint density at radius 3 is 3.00 bits per heavy atom. The highest BCUT2D eigenvalue weighted by Crippen LogP contribution is 2.19. The molecule has 2 rings (SSSR count). The minimum Gasteiger partial charge on any atom is -0.398 e. The number of hydrogen-bond donors (Lipinski definition) is 2. The van der Waals surface area contributed by atoms with Gasteiger partial charge in [0.05, 0.1) is 5.56 Å². The second-order valence-electron chi connectivity index (χ2n) is 4.48. The van der Waals surface area contributed by atoms with Crippen molar-refractivity contribution >= 4 is 23.4 Å². The lowest BCUT2D eigenvalue weighted by Crippen LogP contribution is -2.38. The first-order valence-corrected chi connectivity index (χ1v) is 7.07. The van der Waals surface area contributed by atoms with Crippen LogP contribution in [0.1, 0.15) is 28.8 Å². The Balaban J connectivity index is 2.03. The SMILES string of the molecule is Cc1ccc(C(=O)NC2CCCSC2)c(N)c1. The van der Waals surface area contributed by atoms with Crippen LogP contribution in [0.3, 0.4) is 0 Å². The van der Waals surface area contributed by atoms with Crippen molar-refractivity contribution in [3.63, 3.8) is 0 Å². The van der Waals surface area contributed by atoms with Crippen molar-refractivity contribution in [2.75, 3.05) is 17.2 Å². The molecule has 0 radical (unpaired) electrons. The van der Waals surface area contributed by atoms with Gasteiger partial charge in [0.25, 0.3) is 5.91 Å². The number of nitrogens with two attached hydrogens (primary N) is 1. The summed E-state index contributed by atoms with van der Waals surface area (Å²) in [7, 11) is 0. The molecule has 0 bridgehead atoms. The van der Waals surface area contributed by atoms with Crippen molar-refractivity contribution in [2.24, 2.45) is 0 Å². The van der Waals surface area contributed by atoms with Gasteiger partial charge in [-0.3, -0.25) is 4.79 Å².